The van der Waals surface area contributed by atoms with Crippen LogP contribution in [0.1, 0.15) is 55.3 Å². The number of hydrogen-bond donors (Lipinski definition) is 1. The summed E-state index contributed by atoms with van der Waals surface area (Å²) >= 11 is 0. The Morgan fingerprint density at radius 3 is 2.59 bits per heavy atom. The first-order valence-electron chi connectivity index (χ1n) is 9.82. The normalized spacial score (nSPS) is 26.3. The van der Waals surface area contributed by atoms with Crippen molar-refractivity contribution >= 4 is 11.8 Å². The van der Waals surface area contributed by atoms with Crippen molar-refractivity contribution in [1.29, 1.82) is 0 Å². The van der Waals surface area contributed by atoms with Crippen molar-refractivity contribution in [1.82, 2.24) is 19.4 Å². The Morgan fingerprint density at radius 2 is 1.85 bits per heavy atom. The van der Waals surface area contributed by atoms with Crippen LogP contribution in [0.25, 0.3) is 0 Å². The zero-order valence-corrected chi connectivity index (χ0v) is 15.7. The van der Waals surface area contributed by atoms with Crippen LogP contribution >= 0.6 is 0 Å². The average Bonchev–Trinajstić information content (AvgIpc) is 3.31. The number of hydrogen-bond acceptors (Lipinski definition) is 4. The van der Waals surface area contributed by atoms with E-state index in [1.807, 2.05) is 0 Å². The average molecular weight is 374 g/mol. The van der Waals surface area contributed by atoms with Crippen molar-refractivity contribution < 1.29 is 9.59 Å². The first-order chi connectivity index (χ1) is 12.9. The lowest BCUT2D eigenvalue weighted by molar-refractivity contribution is -0.148. The predicted molar refractivity (Wildman–Crippen MR) is 98.5 cm³/mol. The SMILES string of the molecule is Cn1cc(C(=O)N2CCC3(CCCN(C4CCCC4)C3=O)C2)c(=O)[nH]c1=O. The van der Waals surface area contributed by atoms with E-state index in [-0.39, 0.29) is 11.5 Å². The molecule has 8 nitrogen and oxygen atoms in total. The summed E-state index contributed by atoms with van der Waals surface area (Å²) in [7, 11) is 1.49. The topological polar surface area (TPSA) is 95.5 Å². The number of H-pyrrole nitrogens is 1. The summed E-state index contributed by atoms with van der Waals surface area (Å²) in [5.41, 5.74) is -1.79. The maximum atomic E-state index is 13.3. The highest BCUT2D eigenvalue weighted by molar-refractivity contribution is 5.95. The molecule has 1 aliphatic carbocycles. The fourth-order valence-electron chi connectivity index (χ4n) is 4.98. The lowest BCUT2D eigenvalue weighted by Crippen LogP contribution is -2.53. The van der Waals surface area contributed by atoms with Crippen LogP contribution in [0, 0.1) is 5.41 Å². The van der Waals surface area contributed by atoms with Crippen LogP contribution in [-0.4, -0.2) is 56.8 Å². The Bertz CT molecular complexity index is 882. The minimum atomic E-state index is -0.674. The number of rotatable bonds is 2. The molecule has 0 radical (unpaired) electrons. The van der Waals surface area contributed by atoms with Gasteiger partial charge in [-0.2, -0.15) is 0 Å². The number of piperidine rings is 1. The maximum Gasteiger partial charge on any atom is 0.328 e. The number of aromatic nitrogens is 2. The molecule has 1 unspecified atom stereocenters. The summed E-state index contributed by atoms with van der Waals surface area (Å²) < 4.78 is 1.19. The summed E-state index contributed by atoms with van der Waals surface area (Å²) in [5, 5.41) is 0. The summed E-state index contributed by atoms with van der Waals surface area (Å²) in [6.07, 6.45) is 8.21. The molecule has 1 N–H and O–H groups in total. The van der Waals surface area contributed by atoms with Gasteiger partial charge < -0.3 is 14.4 Å². The molecule has 3 heterocycles. The fourth-order valence-corrected chi connectivity index (χ4v) is 4.98. The number of amides is 2. The lowest BCUT2D eigenvalue weighted by Gasteiger charge is -2.42. The molecule has 1 aromatic heterocycles. The monoisotopic (exact) mass is 374 g/mol. The first kappa shape index (κ1) is 18.0. The van der Waals surface area contributed by atoms with E-state index >= 15 is 0 Å². The smallest absolute Gasteiger partial charge is 0.328 e. The van der Waals surface area contributed by atoms with Crippen LogP contribution in [0.3, 0.4) is 0 Å². The van der Waals surface area contributed by atoms with Gasteiger partial charge in [-0.15, -0.1) is 0 Å². The Hall–Kier alpha value is -2.38. The Labute approximate surface area is 157 Å². The zero-order valence-electron chi connectivity index (χ0n) is 15.7. The van der Waals surface area contributed by atoms with Crippen LogP contribution in [0.2, 0.25) is 0 Å². The maximum absolute atomic E-state index is 13.3. The van der Waals surface area contributed by atoms with Gasteiger partial charge in [0.25, 0.3) is 11.5 Å². The van der Waals surface area contributed by atoms with E-state index in [1.165, 1.54) is 30.7 Å². The van der Waals surface area contributed by atoms with Crippen LogP contribution in [0.15, 0.2) is 15.8 Å². The minimum absolute atomic E-state index is 0.0509. The predicted octanol–water partition coefficient (Wildman–Crippen LogP) is 0.471. The third-order valence-electron chi connectivity index (χ3n) is 6.51. The van der Waals surface area contributed by atoms with E-state index in [1.54, 1.807) is 4.90 Å². The van der Waals surface area contributed by atoms with Gasteiger partial charge in [0, 0.05) is 38.9 Å². The second kappa shape index (κ2) is 6.65. The van der Waals surface area contributed by atoms with Gasteiger partial charge in [0.15, 0.2) is 0 Å². The molecule has 1 spiro atoms. The molecule has 0 bridgehead atoms. The van der Waals surface area contributed by atoms with Gasteiger partial charge in [0.2, 0.25) is 5.91 Å². The van der Waals surface area contributed by atoms with Gasteiger partial charge in [-0.25, -0.2) is 4.79 Å². The summed E-state index contributed by atoms with van der Waals surface area (Å²) in [6, 6.07) is 0.353. The highest BCUT2D eigenvalue weighted by Gasteiger charge is 2.50. The highest BCUT2D eigenvalue weighted by atomic mass is 16.2. The molecule has 4 rings (SSSR count). The highest BCUT2D eigenvalue weighted by Crippen LogP contribution is 2.42. The second-order valence-corrected chi connectivity index (χ2v) is 8.21. The van der Waals surface area contributed by atoms with E-state index < -0.39 is 22.6 Å². The van der Waals surface area contributed by atoms with E-state index in [0.29, 0.717) is 25.6 Å². The van der Waals surface area contributed by atoms with Gasteiger partial charge in [-0.05, 0) is 32.1 Å². The summed E-state index contributed by atoms with van der Waals surface area (Å²) in [6.45, 7) is 1.64. The number of nitrogens with zero attached hydrogens (tertiary/aromatic N) is 3. The molecule has 3 aliphatic rings. The molecule has 0 aromatic carbocycles. The largest absolute Gasteiger partial charge is 0.339 e. The van der Waals surface area contributed by atoms with E-state index in [0.717, 1.165) is 32.2 Å². The standard InChI is InChI=1S/C19H26N4O4/c1-21-11-14(15(24)20-18(21)27)16(25)22-10-8-19(12-22)7-4-9-23(17(19)26)13-5-2-3-6-13/h11,13H,2-10,12H2,1H3,(H,20,24,27). The van der Waals surface area contributed by atoms with Gasteiger partial charge >= 0.3 is 5.69 Å². The van der Waals surface area contributed by atoms with Crippen molar-refractivity contribution in [3.8, 4) is 0 Å². The van der Waals surface area contributed by atoms with Crippen molar-refractivity contribution in [2.75, 3.05) is 19.6 Å². The van der Waals surface area contributed by atoms with Gasteiger partial charge in [-0.1, -0.05) is 12.8 Å². The van der Waals surface area contributed by atoms with Crippen molar-refractivity contribution in [2.45, 2.75) is 51.0 Å². The summed E-state index contributed by atoms with van der Waals surface area (Å²) in [4.78, 5) is 55.5. The molecule has 1 atom stereocenters. The number of carbonyl (C=O) groups is 2. The molecule has 1 aromatic rings. The van der Waals surface area contributed by atoms with Gasteiger partial charge in [0.05, 0.1) is 5.41 Å². The molecular formula is C19H26N4O4. The minimum Gasteiger partial charge on any atom is -0.339 e. The number of aryl methyl sites for hydroxylation is 1. The van der Waals surface area contributed by atoms with E-state index in [2.05, 4.69) is 9.88 Å². The number of likely N-dealkylation sites (tertiary alicyclic amines) is 2. The molecule has 8 heteroatoms. The molecule has 27 heavy (non-hydrogen) atoms. The first-order valence-corrected chi connectivity index (χ1v) is 9.82. The van der Waals surface area contributed by atoms with Crippen LogP contribution in [-0.2, 0) is 11.8 Å². The molecule has 3 fully saturated rings. The Morgan fingerprint density at radius 1 is 1.11 bits per heavy atom. The third kappa shape index (κ3) is 3.00. The number of aromatic amines is 1. The molecular weight excluding hydrogens is 348 g/mol. The van der Waals surface area contributed by atoms with E-state index in [9.17, 15) is 19.2 Å². The van der Waals surface area contributed by atoms with E-state index in [4.69, 9.17) is 0 Å². The van der Waals surface area contributed by atoms with Crippen molar-refractivity contribution in [3.63, 3.8) is 0 Å². The van der Waals surface area contributed by atoms with Crippen molar-refractivity contribution in [2.24, 2.45) is 12.5 Å². The van der Waals surface area contributed by atoms with Crippen LogP contribution in [0.4, 0.5) is 0 Å². The molecule has 2 amide bonds. The zero-order chi connectivity index (χ0) is 19.2. The molecule has 2 aliphatic heterocycles. The second-order valence-electron chi connectivity index (χ2n) is 8.21. The number of nitrogens with one attached hydrogen (secondary N) is 1. The fraction of sp³-hybridized carbons (Fsp3) is 0.684. The third-order valence-corrected chi connectivity index (χ3v) is 6.51. The van der Waals surface area contributed by atoms with Crippen LogP contribution in [0.5, 0.6) is 0 Å². The summed E-state index contributed by atoms with van der Waals surface area (Å²) in [5.74, 6) is -0.222. The lowest BCUT2D eigenvalue weighted by atomic mass is 9.77. The molecule has 146 valence electrons. The molecule has 1 saturated carbocycles. The quantitative estimate of drug-likeness (QED) is 0.814. The Balaban J connectivity index is 1.54. The van der Waals surface area contributed by atoms with Gasteiger partial charge in [-0.3, -0.25) is 19.4 Å². The Kier molecular flexibility index (Phi) is 4.44. The number of carbonyl (C=O) groups excluding carboxylic acids is 2. The van der Waals surface area contributed by atoms with Crippen LogP contribution < -0.4 is 11.2 Å². The molecule has 2 saturated heterocycles. The van der Waals surface area contributed by atoms with Crippen molar-refractivity contribution in [3.05, 3.63) is 32.6 Å². The van der Waals surface area contributed by atoms with Gasteiger partial charge in [0.1, 0.15) is 5.56 Å².